The van der Waals surface area contributed by atoms with E-state index in [0.717, 1.165) is 42.3 Å². The van der Waals surface area contributed by atoms with E-state index in [-0.39, 0.29) is 11.9 Å². The van der Waals surface area contributed by atoms with Crippen molar-refractivity contribution in [3.05, 3.63) is 78.3 Å². The van der Waals surface area contributed by atoms with Crippen molar-refractivity contribution in [1.29, 1.82) is 0 Å². The lowest BCUT2D eigenvalue weighted by Crippen LogP contribution is -1.97. The molecule has 0 saturated carbocycles. The van der Waals surface area contributed by atoms with Gasteiger partial charge in [0.2, 0.25) is 0 Å². The zero-order valence-electron chi connectivity index (χ0n) is 16.1. The molecule has 1 heterocycles. The molecule has 1 unspecified atom stereocenters. The van der Waals surface area contributed by atoms with Crippen LogP contribution in [0.4, 0.5) is 4.39 Å². The minimum atomic E-state index is -0.291. The number of fused-ring (bicyclic) bond motifs is 1. The molecule has 0 aliphatic carbocycles. The molecule has 1 N–H and O–H groups in total. The maximum atomic E-state index is 14.5. The van der Waals surface area contributed by atoms with E-state index in [1.807, 2.05) is 36.4 Å². The lowest BCUT2D eigenvalue weighted by atomic mass is 10.1. The first kappa shape index (κ1) is 19.9. The van der Waals surface area contributed by atoms with Gasteiger partial charge >= 0.3 is 0 Å². The molecule has 0 radical (unpaired) electrons. The third-order valence-corrected chi connectivity index (χ3v) is 4.57. The zero-order valence-corrected chi connectivity index (χ0v) is 16.1. The molecule has 28 heavy (non-hydrogen) atoms. The summed E-state index contributed by atoms with van der Waals surface area (Å²) in [5.74, 6) is -0.285. The number of hydrogen-bond donors (Lipinski definition) is 1. The van der Waals surface area contributed by atoms with Crippen molar-refractivity contribution >= 4 is 17.1 Å². The first-order valence-corrected chi connectivity index (χ1v) is 9.58. The number of benzene rings is 2. The maximum absolute atomic E-state index is 14.5. The van der Waals surface area contributed by atoms with Gasteiger partial charge < -0.3 is 5.11 Å². The molecule has 0 aliphatic rings. The third-order valence-electron chi connectivity index (χ3n) is 4.57. The van der Waals surface area contributed by atoms with Gasteiger partial charge in [-0.25, -0.2) is 9.37 Å². The molecule has 3 rings (SSSR count). The van der Waals surface area contributed by atoms with Crippen LogP contribution < -0.4 is 0 Å². The highest BCUT2D eigenvalue weighted by atomic mass is 19.1. The molecule has 1 atom stereocenters. The normalized spacial score (nSPS) is 12.5. The van der Waals surface area contributed by atoms with Crippen LogP contribution in [0.15, 0.2) is 61.3 Å². The van der Waals surface area contributed by atoms with Gasteiger partial charge in [-0.05, 0) is 56.4 Å². The summed E-state index contributed by atoms with van der Waals surface area (Å²) in [5.41, 5.74) is 4.64. The Morgan fingerprint density at radius 2 is 2.04 bits per heavy atom. The van der Waals surface area contributed by atoms with Gasteiger partial charge in [0.05, 0.1) is 29.0 Å². The van der Waals surface area contributed by atoms with Crippen LogP contribution in [0, 0.1) is 5.82 Å². The second-order valence-electron chi connectivity index (χ2n) is 6.99. The first-order chi connectivity index (χ1) is 13.6. The molecule has 4 heteroatoms. The number of aromatic nitrogens is 2. The van der Waals surface area contributed by atoms with Gasteiger partial charge in [0, 0.05) is 11.1 Å². The van der Waals surface area contributed by atoms with Crippen molar-refractivity contribution in [3.8, 4) is 11.3 Å². The Kier molecular flexibility index (Phi) is 6.66. The van der Waals surface area contributed by atoms with Gasteiger partial charge in [0.1, 0.15) is 5.82 Å². The summed E-state index contributed by atoms with van der Waals surface area (Å²) >= 11 is 0. The summed E-state index contributed by atoms with van der Waals surface area (Å²) < 4.78 is 14.5. The Bertz CT molecular complexity index is 995. The summed E-state index contributed by atoms with van der Waals surface area (Å²) in [6.45, 7) is 5.53. The van der Waals surface area contributed by atoms with Gasteiger partial charge in [-0.1, -0.05) is 36.4 Å². The third kappa shape index (κ3) is 5.11. The largest absolute Gasteiger partial charge is 0.393 e. The van der Waals surface area contributed by atoms with Crippen LogP contribution in [0.2, 0.25) is 0 Å². The molecular weight excluding hydrogens is 351 g/mol. The minimum Gasteiger partial charge on any atom is -0.393 e. The van der Waals surface area contributed by atoms with Crippen LogP contribution in [0.25, 0.3) is 28.4 Å². The van der Waals surface area contributed by atoms with Crippen molar-refractivity contribution in [2.75, 3.05) is 0 Å². The average Bonchev–Trinajstić information content (AvgIpc) is 2.68. The molecule has 0 amide bonds. The van der Waals surface area contributed by atoms with E-state index in [1.54, 1.807) is 25.3 Å². The summed E-state index contributed by atoms with van der Waals surface area (Å²) in [6, 6.07) is 11.1. The van der Waals surface area contributed by atoms with Gasteiger partial charge in [-0.2, -0.15) is 0 Å². The van der Waals surface area contributed by atoms with Gasteiger partial charge in [0.15, 0.2) is 0 Å². The van der Waals surface area contributed by atoms with Gasteiger partial charge in [0.25, 0.3) is 0 Å². The van der Waals surface area contributed by atoms with E-state index in [0.29, 0.717) is 16.8 Å². The molecule has 144 valence electrons. The number of aliphatic hydroxyl groups excluding tert-OH is 1. The number of unbranched alkanes of at least 4 members (excludes halogenated alkanes) is 1. The molecule has 1 aromatic heterocycles. The topological polar surface area (TPSA) is 46.0 Å². The fourth-order valence-electron chi connectivity index (χ4n) is 3.05. The van der Waals surface area contributed by atoms with Crippen LogP contribution in [-0.4, -0.2) is 21.2 Å². The molecule has 3 aromatic rings. The number of hydrogen-bond acceptors (Lipinski definition) is 3. The van der Waals surface area contributed by atoms with Crippen molar-refractivity contribution in [1.82, 2.24) is 9.97 Å². The summed E-state index contributed by atoms with van der Waals surface area (Å²) in [6.07, 6.45) is 10.2. The standard InChI is InChI=1S/C24H25FN2O/c1-3-7-18-10-13-22-23(14-18)26-16-24(27-22)20-12-11-19(21(25)15-20)9-6-4-5-8-17(2)28/h3,6,9-17,28H,1,4-5,7-8H2,2H3. The molecule has 3 nitrogen and oxygen atoms in total. The highest BCUT2D eigenvalue weighted by Gasteiger charge is 2.07. The summed E-state index contributed by atoms with van der Waals surface area (Å²) in [7, 11) is 0. The molecule has 0 saturated heterocycles. The number of nitrogens with zero attached hydrogens (tertiary/aromatic N) is 2. The highest BCUT2D eigenvalue weighted by Crippen LogP contribution is 2.23. The van der Waals surface area contributed by atoms with Crippen molar-refractivity contribution in [2.45, 2.75) is 38.7 Å². The van der Waals surface area contributed by atoms with E-state index < -0.39 is 0 Å². The second-order valence-corrected chi connectivity index (χ2v) is 6.99. The zero-order chi connectivity index (χ0) is 19.9. The Morgan fingerprint density at radius 1 is 1.18 bits per heavy atom. The van der Waals surface area contributed by atoms with Crippen molar-refractivity contribution in [2.24, 2.45) is 0 Å². The molecular formula is C24H25FN2O. The monoisotopic (exact) mass is 376 g/mol. The van der Waals surface area contributed by atoms with Crippen LogP contribution in [0.3, 0.4) is 0 Å². The Labute approximate surface area is 165 Å². The van der Waals surface area contributed by atoms with E-state index in [1.165, 1.54) is 6.07 Å². The van der Waals surface area contributed by atoms with Crippen molar-refractivity contribution < 1.29 is 9.50 Å². The van der Waals surface area contributed by atoms with E-state index in [9.17, 15) is 9.50 Å². The van der Waals surface area contributed by atoms with Crippen LogP contribution >= 0.6 is 0 Å². The fraction of sp³-hybridized carbons (Fsp3) is 0.250. The molecule has 0 fully saturated rings. The number of aliphatic hydroxyl groups is 1. The lowest BCUT2D eigenvalue weighted by Gasteiger charge is -2.06. The first-order valence-electron chi connectivity index (χ1n) is 9.58. The van der Waals surface area contributed by atoms with Crippen LogP contribution in [-0.2, 0) is 6.42 Å². The number of rotatable bonds is 8. The molecule has 0 aliphatic heterocycles. The van der Waals surface area contributed by atoms with Gasteiger partial charge in [-0.3, -0.25) is 4.98 Å². The van der Waals surface area contributed by atoms with Crippen molar-refractivity contribution in [3.63, 3.8) is 0 Å². The Morgan fingerprint density at radius 3 is 2.79 bits per heavy atom. The predicted octanol–water partition coefficient (Wildman–Crippen LogP) is 5.73. The summed E-state index contributed by atoms with van der Waals surface area (Å²) in [4.78, 5) is 9.11. The summed E-state index contributed by atoms with van der Waals surface area (Å²) in [5, 5.41) is 9.26. The SMILES string of the molecule is C=CCc1ccc2nc(-c3ccc(C=CCCCC(C)O)c(F)c3)cnc2c1. The Hall–Kier alpha value is -2.85. The van der Waals surface area contributed by atoms with E-state index in [4.69, 9.17) is 0 Å². The van der Waals surface area contributed by atoms with Gasteiger partial charge in [-0.15, -0.1) is 6.58 Å². The second kappa shape index (κ2) is 9.38. The number of allylic oxidation sites excluding steroid dienone is 2. The maximum Gasteiger partial charge on any atom is 0.131 e. The van der Waals surface area contributed by atoms with E-state index >= 15 is 0 Å². The lowest BCUT2D eigenvalue weighted by molar-refractivity contribution is 0.182. The quantitative estimate of drug-likeness (QED) is 0.403. The average molecular weight is 376 g/mol. The number of halogens is 1. The predicted molar refractivity (Wildman–Crippen MR) is 113 cm³/mol. The minimum absolute atomic E-state index is 0.285. The Balaban J connectivity index is 1.76. The highest BCUT2D eigenvalue weighted by molar-refractivity contribution is 5.78. The molecule has 0 bridgehead atoms. The van der Waals surface area contributed by atoms with Crippen LogP contribution in [0.1, 0.15) is 37.3 Å². The fourth-order valence-corrected chi connectivity index (χ4v) is 3.05. The van der Waals surface area contributed by atoms with Crippen LogP contribution in [0.5, 0.6) is 0 Å². The smallest absolute Gasteiger partial charge is 0.131 e. The molecule has 0 spiro atoms. The molecule has 2 aromatic carbocycles. The van der Waals surface area contributed by atoms with E-state index in [2.05, 4.69) is 16.5 Å².